The highest BCUT2D eigenvalue weighted by molar-refractivity contribution is 7.17. The summed E-state index contributed by atoms with van der Waals surface area (Å²) >= 11 is 1.38. The topological polar surface area (TPSA) is 118 Å². The highest BCUT2D eigenvalue weighted by atomic mass is 32.1. The van der Waals surface area contributed by atoms with Crippen LogP contribution in [0.1, 0.15) is 22.9 Å². The van der Waals surface area contributed by atoms with Gasteiger partial charge in [-0.05, 0) is 41.8 Å². The van der Waals surface area contributed by atoms with E-state index in [0.717, 1.165) is 33.3 Å². The second-order valence-electron chi connectivity index (χ2n) is 8.19. The Morgan fingerprint density at radius 1 is 1.09 bits per heavy atom. The van der Waals surface area contributed by atoms with Crippen molar-refractivity contribution in [3.8, 4) is 11.1 Å². The van der Waals surface area contributed by atoms with Crippen LogP contribution in [0, 0.1) is 13.8 Å². The van der Waals surface area contributed by atoms with Gasteiger partial charge in [0.25, 0.3) is 5.56 Å². The number of thiophene rings is 1. The number of rotatable bonds is 6. The zero-order valence-corrected chi connectivity index (χ0v) is 18.9. The first kappa shape index (κ1) is 23.7. The molecule has 3 aromatic heterocycles. The van der Waals surface area contributed by atoms with Crippen molar-refractivity contribution in [1.29, 1.82) is 0 Å². The quantitative estimate of drug-likeness (QED) is 0.218. The average Bonchev–Trinajstić information content (AvgIpc) is 3.19. The Bertz CT molecular complexity index is 1390. The van der Waals surface area contributed by atoms with E-state index < -0.39 is 17.1 Å². The van der Waals surface area contributed by atoms with Crippen molar-refractivity contribution >= 4 is 55.9 Å². The van der Waals surface area contributed by atoms with E-state index in [9.17, 15) is 20.1 Å². The summed E-state index contributed by atoms with van der Waals surface area (Å²) in [4.78, 5) is 20.1. The lowest BCUT2D eigenvalue weighted by Crippen LogP contribution is -2.51. The Morgan fingerprint density at radius 2 is 1.76 bits per heavy atom. The van der Waals surface area contributed by atoms with Gasteiger partial charge in [-0.2, -0.15) is 0 Å². The van der Waals surface area contributed by atoms with Crippen molar-refractivity contribution in [3.63, 3.8) is 0 Å². The molecule has 7 nitrogen and oxygen atoms in total. The normalized spacial score (nSPS) is 13.6. The molecule has 3 heterocycles. The highest BCUT2D eigenvalue weighted by Crippen LogP contribution is 2.37. The molecule has 0 saturated carbocycles. The summed E-state index contributed by atoms with van der Waals surface area (Å²) in [7, 11) is 16.6. The number of hydrogen-bond donors (Lipinski definition) is 5. The van der Waals surface area contributed by atoms with Gasteiger partial charge in [-0.3, -0.25) is 15.1 Å². The van der Waals surface area contributed by atoms with Gasteiger partial charge in [0.2, 0.25) is 0 Å². The summed E-state index contributed by atoms with van der Waals surface area (Å²) < 4.78 is 0.645. The zero-order chi connectivity index (χ0) is 24.1. The SMILES string of the molecule is [B]C(O)(O)NCC(c1ccc(-c2c(C)nc(C)c3[nH]c(=O)c4sccc4c23)cc1)C([B])([B])O. The summed E-state index contributed by atoms with van der Waals surface area (Å²) in [6, 6.07) is 9.08. The molecule has 1 aromatic carbocycles. The number of aromatic nitrogens is 2. The van der Waals surface area contributed by atoms with Gasteiger partial charge in [0.1, 0.15) is 4.70 Å². The monoisotopic (exact) mass is 455 g/mol. The third kappa shape index (κ3) is 4.65. The molecule has 4 aromatic rings. The van der Waals surface area contributed by atoms with Gasteiger partial charge < -0.3 is 20.3 Å². The number of pyridine rings is 2. The van der Waals surface area contributed by atoms with E-state index in [1.54, 1.807) is 12.1 Å². The molecule has 11 heteroatoms. The van der Waals surface area contributed by atoms with Gasteiger partial charge in [0.05, 0.1) is 26.9 Å². The van der Waals surface area contributed by atoms with Crippen LogP contribution in [0.2, 0.25) is 0 Å². The number of benzene rings is 1. The first-order chi connectivity index (χ1) is 15.4. The van der Waals surface area contributed by atoms with Crippen LogP contribution in [0.5, 0.6) is 0 Å². The summed E-state index contributed by atoms with van der Waals surface area (Å²) in [6.45, 7) is 3.57. The van der Waals surface area contributed by atoms with Crippen LogP contribution in [0.25, 0.3) is 32.1 Å². The van der Waals surface area contributed by atoms with Crippen molar-refractivity contribution in [1.82, 2.24) is 15.3 Å². The Labute approximate surface area is 198 Å². The summed E-state index contributed by atoms with van der Waals surface area (Å²) in [6.07, 6.45) is 0. The van der Waals surface area contributed by atoms with Crippen LogP contribution < -0.4 is 10.9 Å². The Morgan fingerprint density at radius 3 is 2.36 bits per heavy atom. The fraction of sp³-hybridized carbons (Fsp3) is 0.273. The van der Waals surface area contributed by atoms with E-state index in [-0.39, 0.29) is 12.1 Å². The number of fused-ring (bicyclic) bond motifs is 3. The summed E-state index contributed by atoms with van der Waals surface area (Å²) in [5.41, 5.74) is 4.34. The maximum atomic E-state index is 12.5. The van der Waals surface area contributed by atoms with Gasteiger partial charge in [-0.15, -0.1) is 11.3 Å². The standard InChI is InChI=1S/C22H20B3N3O4S/c1-10-16(17-14-7-8-33-19(14)20(29)28-18(17)11(2)27-10)13-5-3-12(4-6-13)15(21(23,24)30)9-26-22(25,31)32/h3-8,15,26,30-32H,9H2,1-2H3,(H,28,29). The Hall–Kier alpha value is -2.43. The van der Waals surface area contributed by atoms with Crippen LogP contribution in [-0.4, -0.2) is 66.6 Å². The number of aliphatic hydroxyl groups is 3. The smallest absolute Gasteiger partial charge is 0.266 e. The van der Waals surface area contributed by atoms with Gasteiger partial charge in [0, 0.05) is 34.5 Å². The lowest BCUT2D eigenvalue weighted by molar-refractivity contribution is -0.112. The molecule has 0 fully saturated rings. The predicted octanol–water partition coefficient (Wildman–Crippen LogP) is 0.842. The maximum Gasteiger partial charge on any atom is 0.266 e. The van der Waals surface area contributed by atoms with Crippen LogP contribution >= 0.6 is 11.3 Å². The third-order valence-electron chi connectivity index (χ3n) is 5.66. The minimum Gasteiger partial charge on any atom is -0.408 e. The highest BCUT2D eigenvalue weighted by Gasteiger charge is 2.29. The molecule has 5 N–H and O–H groups in total. The molecule has 0 spiro atoms. The Kier molecular flexibility index (Phi) is 6.05. The minimum absolute atomic E-state index is 0.146. The lowest BCUT2D eigenvalue weighted by Gasteiger charge is -2.33. The van der Waals surface area contributed by atoms with E-state index in [1.807, 2.05) is 37.4 Å². The number of nitrogens with one attached hydrogen (secondary N) is 2. The fourth-order valence-corrected chi connectivity index (χ4v) is 4.96. The van der Waals surface area contributed by atoms with Crippen LogP contribution in [0.3, 0.4) is 0 Å². The molecule has 33 heavy (non-hydrogen) atoms. The Balaban J connectivity index is 1.85. The predicted molar refractivity (Wildman–Crippen MR) is 133 cm³/mol. The summed E-state index contributed by atoms with van der Waals surface area (Å²) in [5, 5.41) is 32.7. The first-order valence-electron chi connectivity index (χ1n) is 10.2. The molecule has 6 radical (unpaired) electrons. The molecular weight excluding hydrogens is 435 g/mol. The first-order valence-corrected chi connectivity index (χ1v) is 11.0. The van der Waals surface area contributed by atoms with Crippen molar-refractivity contribution in [3.05, 3.63) is 63.0 Å². The molecular formula is C22H20B3N3O4S. The minimum atomic E-state index is -2.64. The van der Waals surface area contributed by atoms with Crippen molar-refractivity contribution in [2.24, 2.45) is 0 Å². The van der Waals surface area contributed by atoms with Crippen LogP contribution in [0.4, 0.5) is 0 Å². The van der Waals surface area contributed by atoms with E-state index in [0.29, 0.717) is 15.8 Å². The second kappa shape index (κ2) is 8.41. The van der Waals surface area contributed by atoms with Crippen LogP contribution in [-0.2, 0) is 0 Å². The van der Waals surface area contributed by atoms with Gasteiger partial charge in [-0.25, -0.2) is 0 Å². The lowest BCUT2D eigenvalue weighted by atomic mass is 9.56. The molecule has 0 amide bonds. The van der Waals surface area contributed by atoms with E-state index in [4.69, 9.17) is 23.5 Å². The van der Waals surface area contributed by atoms with Gasteiger partial charge >= 0.3 is 0 Å². The summed E-state index contributed by atoms with van der Waals surface area (Å²) in [5.74, 6) is -3.54. The average molecular weight is 455 g/mol. The number of H-pyrrole nitrogens is 1. The molecule has 0 saturated heterocycles. The van der Waals surface area contributed by atoms with Crippen molar-refractivity contribution < 1.29 is 15.3 Å². The van der Waals surface area contributed by atoms with Crippen molar-refractivity contribution in [2.45, 2.75) is 31.0 Å². The second-order valence-corrected chi connectivity index (χ2v) is 9.11. The molecule has 0 aliphatic rings. The molecule has 4 rings (SSSR count). The van der Waals surface area contributed by atoms with Crippen LogP contribution in [0.15, 0.2) is 40.5 Å². The molecule has 1 atom stereocenters. The van der Waals surface area contributed by atoms with Gasteiger partial charge in [-0.1, -0.05) is 24.3 Å². The molecule has 1 unspecified atom stereocenters. The largest absolute Gasteiger partial charge is 0.408 e. The molecule has 0 bridgehead atoms. The van der Waals surface area contributed by atoms with E-state index in [1.165, 1.54) is 11.3 Å². The number of hydrogen-bond acceptors (Lipinski definition) is 7. The van der Waals surface area contributed by atoms with E-state index >= 15 is 0 Å². The molecule has 0 aliphatic heterocycles. The maximum absolute atomic E-state index is 12.5. The molecule has 162 valence electrons. The van der Waals surface area contributed by atoms with E-state index in [2.05, 4.69) is 15.3 Å². The number of aromatic amines is 1. The fourth-order valence-electron chi connectivity index (χ4n) is 4.16. The third-order valence-corrected chi connectivity index (χ3v) is 6.58. The zero-order valence-electron chi connectivity index (χ0n) is 18.1. The number of aryl methyl sites for hydroxylation is 2. The number of nitrogens with zero attached hydrogens (tertiary/aromatic N) is 1. The van der Waals surface area contributed by atoms with Crippen molar-refractivity contribution in [2.75, 3.05) is 6.54 Å². The molecule has 0 aliphatic carbocycles. The van der Waals surface area contributed by atoms with Gasteiger partial charge in [0.15, 0.2) is 13.7 Å².